The number of nitrogen functional groups attached to an aromatic ring is 1. The van der Waals surface area contributed by atoms with Crippen molar-refractivity contribution in [3.63, 3.8) is 0 Å². The van der Waals surface area contributed by atoms with Crippen molar-refractivity contribution in [3.05, 3.63) is 34.5 Å². The van der Waals surface area contributed by atoms with E-state index < -0.39 is 0 Å². The summed E-state index contributed by atoms with van der Waals surface area (Å²) in [6.45, 7) is 2.55. The van der Waals surface area contributed by atoms with Crippen LogP contribution in [0, 0.1) is 6.92 Å². The highest BCUT2D eigenvalue weighted by Crippen LogP contribution is 2.14. The first-order valence-electron chi connectivity index (χ1n) is 6.12. The summed E-state index contributed by atoms with van der Waals surface area (Å²) in [4.78, 5) is 17.9. The highest BCUT2D eigenvalue weighted by molar-refractivity contribution is 7.09. The smallest absolute Gasteiger partial charge is 0.257 e. The molecule has 0 aliphatic rings. The number of aromatic nitrogens is 6. The van der Waals surface area contributed by atoms with Gasteiger partial charge in [-0.15, -0.1) is 11.3 Å². The summed E-state index contributed by atoms with van der Waals surface area (Å²) >= 11 is 1.58. The van der Waals surface area contributed by atoms with Crippen molar-refractivity contribution < 1.29 is 0 Å². The van der Waals surface area contributed by atoms with Gasteiger partial charge in [0.05, 0.1) is 17.7 Å². The Hall–Kier alpha value is -2.59. The number of aryl methyl sites for hydroxylation is 1. The third kappa shape index (κ3) is 2.95. The van der Waals surface area contributed by atoms with E-state index in [2.05, 4.69) is 35.8 Å². The maximum atomic E-state index is 5.39. The molecule has 0 aliphatic carbocycles. The van der Waals surface area contributed by atoms with Gasteiger partial charge < -0.3 is 5.32 Å². The summed E-state index contributed by atoms with van der Waals surface area (Å²) in [6.07, 6.45) is 3.39. The molecule has 0 atom stereocenters. The van der Waals surface area contributed by atoms with Crippen LogP contribution < -0.4 is 16.6 Å². The van der Waals surface area contributed by atoms with Gasteiger partial charge in [-0.25, -0.2) is 15.5 Å². The van der Waals surface area contributed by atoms with Gasteiger partial charge in [0.1, 0.15) is 0 Å². The van der Waals surface area contributed by atoms with E-state index in [9.17, 15) is 0 Å². The zero-order valence-electron chi connectivity index (χ0n) is 11.2. The van der Waals surface area contributed by atoms with E-state index in [0.29, 0.717) is 18.4 Å². The second kappa shape index (κ2) is 5.81. The second-order valence-electron chi connectivity index (χ2n) is 4.09. The van der Waals surface area contributed by atoms with E-state index >= 15 is 0 Å². The average Bonchev–Trinajstić information content (AvgIpc) is 3.16. The molecule has 108 valence electrons. The Morgan fingerprint density at radius 2 is 2.14 bits per heavy atom. The summed E-state index contributed by atoms with van der Waals surface area (Å²) in [5.74, 6) is 6.44. The zero-order valence-corrected chi connectivity index (χ0v) is 12.0. The van der Waals surface area contributed by atoms with Crippen LogP contribution in [-0.4, -0.2) is 29.7 Å². The number of thiazole rings is 1. The predicted molar refractivity (Wildman–Crippen MR) is 78.9 cm³/mol. The quantitative estimate of drug-likeness (QED) is 0.466. The number of nitrogens with two attached hydrogens (primary N) is 1. The topological polar surface area (TPSA) is 119 Å². The van der Waals surface area contributed by atoms with Crippen LogP contribution in [0.1, 0.15) is 10.6 Å². The molecule has 0 spiro atoms. The van der Waals surface area contributed by atoms with Gasteiger partial charge in [-0.3, -0.25) is 5.43 Å². The van der Waals surface area contributed by atoms with Crippen molar-refractivity contribution in [1.82, 2.24) is 29.7 Å². The maximum Gasteiger partial charge on any atom is 0.257 e. The molecule has 21 heavy (non-hydrogen) atoms. The summed E-state index contributed by atoms with van der Waals surface area (Å²) in [5.41, 5.74) is 5.22. The fourth-order valence-corrected chi connectivity index (χ4v) is 2.37. The number of rotatable bonds is 5. The Balaban J connectivity index is 1.84. The second-order valence-corrected chi connectivity index (χ2v) is 5.03. The molecule has 4 N–H and O–H groups in total. The monoisotopic (exact) mass is 303 g/mol. The molecule has 0 saturated carbocycles. The molecule has 0 amide bonds. The molecule has 0 radical (unpaired) electrons. The van der Waals surface area contributed by atoms with Gasteiger partial charge in [0, 0.05) is 17.3 Å². The normalized spacial score (nSPS) is 10.6. The summed E-state index contributed by atoms with van der Waals surface area (Å²) in [7, 11) is 0. The molecular weight excluding hydrogens is 290 g/mol. The van der Waals surface area contributed by atoms with E-state index in [4.69, 9.17) is 5.84 Å². The Labute approximate surface area is 124 Å². The molecule has 3 rings (SSSR count). The van der Waals surface area contributed by atoms with Gasteiger partial charge in [0.25, 0.3) is 5.95 Å². The summed E-state index contributed by atoms with van der Waals surface area (Å²) < 4.78 is 1.53. The first-order chi connectivity index (χ1) is 10.3. The van der Waals surface area contributed by atoms with Crippen LogP contribution in [0.25, 0.3) is 5.95 Å². The van der Waals surface area contributed by atoms with Crippen molar-refractivity contribution in [3.8, 4) is 5.95 Å². The van der Waals surface area contributed by atoms with Crippen molar-refractivity contribution in [2.45, 2.75) is 13.5 Å². The lowest BCUT2D eigenvalue weighted by molar-refractivity contribution is 0.796. The number of hydrazine groups is 1. The molecule has 0 unspecified atom stereocenters. The van der Waals surface area contributed by atoms with E-state index in [1.54, 1.807) is 29.8 Å². The predicted octanol–water partition coefficient (Wildman–Crippen LogP) is 0.720. The van der Waals surface area contributed by atoms with Crippen molar-refractivity contribution >= 4 is 23.2 Å². The van der Waals surface area contributed by atoms with E-state index in [1.165, 1.54) is 4.68 Å². The fourth-order valence-electron chi connectivity index (χ4n) is 1.65. The van der Waals surface area contributed by atoms with Crippen LogP contribution in [0.5, 0.6) is 0 Å². The molecule has 0 bridgehead atoms. The maximum absolute atomic E-state index is 5.39. The van der Waals surface area contributed by atoms with E-state index in [0.717, 1.165) is 10.6 Å². The summed E-state index contributed by atoms with van der Waals surface area (Å²) in [6, 6.07) is 1.78. The van der Waals surface area contributed by atoms with Crippen LogP contribution in [-0.2, 0) is 6.54 Å². The molecule has 10 heteroatoms. The Kier molecular flexibility index (Phi) is 3.71. The van der Waals surface area contributed by atoms with Crippen molar-refractivity contribution in [1.29, 1.82) is 0 Å². The largest absolute Gasteiger partial charge is 0.349 e. The molecule has 0 aromatic carbocycles. The molecule has 3 aromatic rings. The molecule has 9 nitrogen and oxygen atoms in total. The molecule has 3 heterocycles. The minimum atomic E-state index is 0.263. The zero-order chi connectivity index (χ0) is 14.7. The average molecular weight is 303 g/mol. The molecule has 0 saturated heterocycles. The first-order valence-corrected chi connectivity index (χ1v) is 7.00. The van der Waals surface area contributed by atoms with Crippen LogP contribution in [0.15, 0.2) is 24.0 Å². The first kappa shape index (κ1) is 13.4. The van der Waals surface area contributed by atoms with Crippen molar-refractivity contribution in [2.24, 2.45) is 5.84 Å². The van der Waals surface area contributed by atoms with Gasteiger partial charge in [-0.05, 0) is 13.0 Å². The Morgan fingerprint density at radius 1 is 1.29 bits per heavy atom. The Bertz CT molecular complexity index is 721. The fraction of sp³-hybridized carbons (Fsp3) is 0.182. The highest BCUT2D eigenvalue weighted by atomic mass is 32.1. The van der Waals surface area contributed by atoms with Crippen molar-refractivity contribution in [2.75, 3.05) is 10.7 Å². The number of nitrogens with one attached hydrogen (secondary N) is 2. The van der Waals surface area contributed by atoms with Gasteiger partial charge in [0.2, 0.25) is 11.9 Å². The lowest BCUT2D eigenvalue weighted by Crippen LogP contribution is -2.16. The van der Waals surface area contributed by atoms with E-state index in [1.807, 2.05) is 12.4 Å². The lowest BCUT2D eigenvalue weighted by Gasteiger charge is -2.08. The van der Waals surface area contributed by atoms with Crippen LogP contribution in [0.3, 0.4) is 0 Å². The highest BCUT2D eigenvalue weighted by Gasteiger charge is 2.09. The SMILES string of the molecule is Cc1ncsc1CNc1nc(NN)nc(-n2cccn2)n1. The van der Waals surface area contributed by atoms with Gasteiger partial charge in [-0.2, -0.15) is 20.1 Å². The Morgan fingerprint density at radius 3 is 2.81 bits per heavy atom. The third-order valence-electron chi connectivity index (χ3n) is 2.71. The molecule has 0 fully saturated rings. The number of anilines is 2. The minimum Gasteiger partial charge on any atom is -0.349 e. The van der Waals surface area contributed by atoms with Gasteiger partial charge in [-0.1, -0.05) is 0 Å². The number of hydrogen-bond acceptors (Lipinski definition) is 9. The molecule has 0 aliphatic heterocycles. The van der Waals surface area contributed by atoms with Crippen LogP contribution >= 0.6 is 11.3 Å². The minimum absolute atomic E-state index is 0.263. The van der Waals surface area contributed by atoms with Gasteiger partial charge in [0.15, 0.2) is 0 Å². The van der Waals surface area contributed by atoms with E-state index in [-0.39, 0.29) is 5.95 Å². The van der Waals surface area contributed by atoms with Gasteiger partial charge >= 0.3 is 0 Å². The van der Waals surface area contributed by atoms with Crippen LogP contribution in [0.2, 0.25) is 0 Å². The third-order valence-corrected chi connectivity index (χ3v) is 3.65. The van der Waals surface area contributed by atoms with Crippen LogP contribution in [0.4, 0.5) is 11.9 Å². The molecular formula is C11H13N9S. The lowest BCUT2D eigenvalue weighted by atomic mass is 10.4. The summed E-state index contributed by atoms with van der Waals surface area (Å²) in [5, 5.41) is 7.22. The standard InChI is InChI=1S/C11H13N9S/c1-7-8(21-6-14-7)5-13-9-16-10(19-12)18-11(17-9)20-4-2-3-15-20/h2-4,6H,5,12H2,1H3,(H2,13,16,17,18,19). The number of nitrogens with zero attached hydrogens (tertiary/aromatic N) is 6. The number of hydrogen-bond donors (Lipinski definition) is 3. The molecule has 3 aromatic heterocycles.